The number of carbonyl (C=O) groups excluding carboxylic acids is 1. The van der Waals surface area contributed by atoms with Crippen molar-refractivity contribution >= 4 is 28.5 Å². The summed E-state index contributed by atoms with van der Waals surface area (Å²) in [6.07, 6.45) is 1.83. The molecule has 0 bridgehead atoms. The van der Waals surface area contributed by atoms with Crippen LogP contribution < -0.4 is 0 Å². The molecule has 0 aliphatic rings. The first kappa shape index (κ1) is 15.5. The quantitative estimate of drug-likeness (QED) is 0.555. The minimum Gasteiger partial charge on any atom is -0.454 e. The van der Waals surface area contributed by atoms with Crippen molar-refractivity contribution in [3.8, 4) is 5.69 Å². The zero-order valence-corrected chi connectivity index (χ0v) is 13.9. The van der Waals surface area contributed by atoms with Crippen LogP contribution in [-0.4, -0.2) is 20.7 Å². The van der Waals surface area contributed by atoms with Gasteiger partial charge in [-0.15, -0.1) is 0 Å². The number of fused-ring (bicyclic) bond motifs is 1. The van der Waals surface area contributed by atoms with Gasteiger partial charge in [0, 0.05) is 17.1 Å². The van der Waals surface area contributed by atoms with Gasteiger partial charge in [-0.05, 0) is 24.3 Å². The number of nitrogens with zero attached hydrogens (tertiary/aromatic N) is 2. The van der Waals surface area contributed by atoms with E-state index in [2.05, 4.69) is 10.1 Å². The Bertz CT molecular complexity index is 1040. The summed E-state index contributed by atoms with van der Waals surface area (Å²) in [5.41, 5.74) is 2.65. The number of aromatic amines is 1. The SMILES string of the molecule is O=C(OCc1ccn(-c2ccccc2)n1)c1[nH]c2ccccc2c1Cl. The monoisotopic (exact) mass is 351 g/mol. The average Bonchev–Trinajstić information content (AvgIpc) is 3.26. The molecule has 2 heterocycles. The number of benzene rings is 2. The number of ether oxygens (including phenoxy) is 1. The summed E-state index contributed by atoms with van der Waals surface area (Å²) >= 11 is 6.27. The van der Waals surface area contributed by atoms with Crippen molar-refractivity contribution in [1.29, 1.82) is 0 Å². The van der Waals surface area contributed by atoms with Crippen molar-refractivity contribution < 1.29 is 9.53 Å². The molecular weight excluding hydrogens is 338 g/mol. The molecule has 0 aliphatic carbocycles. The molecule has 0 amide bonds. The second-order valence-electron chi connectivity index (χ2n) is 5.52. The van der Waals surface area contributed by atoms with Crippen LogP contribution in [0.4, 0.5) is 0 Å². The zero-order chi connectivity index (χ0) is 17.2. The largest absolute Gasteiger partial charge is 0.454 e. The molecular formula is C19H14ClN3O2. The molecule has 25 heavy (non-hydrogen) atoms. The first-order chi connectivity index (χ1) is 12.2. The van der Waals surface area contributed by atoms with Crippen LogP contribution in [0.25, 0.3) is 16.6 Å². The minimum atomic E-state index is -0.504. The van der Waals surface area contributed by atoms with Crippen molar-refractivity contribution in [3.05, 3.63) is 83.3 Å². The van der Waals surface area contributed by atoms with Crippen molar-refractivity contribution in [2.45, 2.75) is 6.61 Å². The van der Waals surface area contributed by atoms with Crippen LogP contribution in [0.2, 0.25) is 5.02 Å². The molecule has 124 valence electrons. The number of esters is 1. The molecule has 0 unspecified atom stereocenters. The van der Waals surface area contributed by atoms with Crippen molar-refractivity contribution in [3.63, 3.8) is 0 Å². The summed E-state index contributed by atoms with van der Waals surface area (Å²) in [5.74, 6) is -0.504. The van der Waals surface area contributed by atoms with E-state index in [0.29, 0.717) is 10.7 Å². The zero-order valence-electron chi connectivity index (χ0n) is 13.1. The van der Waals surface area contributed by atoms with Gasteiger partial charge in [-0.1, -0.05) is 48.0 Å². The molecule has 0 atom stereocenters. The van der Waals surface area contributed by atoms with Crippen LogP contribution in [0.1, 0.15) is 16.2 Å². The molecule has 0 aliphatic heterocycles. The maximum Gasteiger partial charge on any atom is 0.356 e. The summed E-state index contributed by atoms with van der Waals surface area (Å²) in [6.45, 7) is 0.0738. The second-order valence-corrected chi connectivity index (χ2v) is 5.90. The standard InChI is InChI=1S/C19H14ClN3O2/c20-17-15-8-4-5-9-16(15)21-18(17)19(24)25-12-13-10-11-23(22-13)14-6-2-1-3-7-14/h1-11,21H,12H2. The third kappa shape index (κ3) is 3.02. The predicted octanol–water partition coefficient (Wildman–Crippen LogP) is 4.36. The Morgan fingerprint density at radius 3 is 2.64 bits per heavy atom. The van der Waals surface area contributed by atoms with Crippen LogP contribution in [0, 0.1) is 0 Å². The average molecular weight is 352 g/mol. The first-order valence-corrected chi connectivity index (χ1v) is 8.13. The molecule has 0 saturated heterocycles. The molecule has 2 aromatic carbocycles. The van der Waals surface area contributed by atoms with E-state index in [-0.39, 0.29) is 12.3 Å². The Morgan fingerprint density at radius 1 is 1.08 bits per heavy atom. The summed E-state index contributed by atoms with van der Waals surface area (Å²) in [7, 11) is 0. The molecule has 0 spiro atoms. The maximum atomic E-state index is 12.3. The Hall–Kier alpha value is -3.05. The van der Waals surface area contributed by atoms with Crippen LogP contribution >= 0.6 is 11.6 Å². The fourth-order valence-corrected chi connectivity index (χ4v) is 2.91. The molecule has 2 aromatic heterocycles. The van der Waals surface area contributed by atoms with Gasteiger partial charge in [0.05, 0.1) is 10.7 Å². The van der Waals surface area contributed by atoms with Gasteiger partial charge in [0.15, 0.2) is 0 Å². The topological polar surface area (TPSA) is 59.9 Å². The lowest BCUT2D eigenvalue weighted by Crippen LogP contribution is -2.07. The summed E-state index contributed by atoms with van der Waals surface area (Å²) in [5, 5.41) is 5.57. The summed E-state index contributed by atoms with van der Waals surface area (Å²) in [6, 6.07) is 19.0. The van der Waals surface area contributed by atoms with E-state index >= 15 is 0 Å². The molecule has 0 radical (unpaired) electrons. The number of nitrogens with one attached hydrogen (secondary N) is 1. The van der Waals surface area contributed by atoms with Crippen LogP contribution in [0.3, 0.4) is 0 Å². The number of hydrogen-bond acceptors (Lipinski definition) is 3. The van der Waals surface area contributed by atoms with E-state index in [4.69, 9.17) is 16.3 Å². The fourth-order valence-electron chi connectivity index (χ4n) is 2.62. The molecule has 4 aromatic rings. The lowest BCUT2D eigenvalue weighted by atomic mass is 10.2. The van der Waals surface area contributed by atoms with Crippen LogP contribution in [0.15, 0.2) is 66.9 Å². The number of carbonyl (C=O) groups is 1. The molecule has 0 saturated carbocycles. The van der Waals surface area contributed by atoms with Gasteiger partial charge in [0.2, 0.25) is 0 Å². The first-order valence-electron chi connectivity index (χ1n) is 7.75. The highest BCUT2D eigenvalue weighted by Crippen LogP contribution is 2.27. The van der Waals surface area contributed by atoms with Gasteiger partial charge in [-0.3, -0.25) is 0 Å². The summed E-state index contributed by atoms with van der Waals surface area (Å²) < 4.78 is 7.08. The predicted molar refractivity (Wildman–Crippen MR) is 96.0 cm³/mol. The van der Waals surface area contributed by atoms with Crippen LogP contribution in [0.5, 0.6) is 0 Å². The Morgan fingerprint density at radius 2 is 1.84 bits per heavy atom. The molecule has 5 nitrogen and oxygen atoms in total. The highest BCUT2D eigenvalue weighted by molar-refractivity contribution is 6.38. The molecule has 6 heteroatoms. The molecule has 0 fully saturated rings. The molecule has 4 rings (SSSR count). The van der Waals surface area contributed by atoms with Gasteiger partial charge in [0.1, 0.15) is 18.0 Å². The lowest BCUT2D eigenvalue weighted by Gasteiger charge is -2.02. The third-order valence-electron chi connectivity index (χ3n) is 3.86. The number of para-hydroxylation sites is 2. The van der Waals surface area contributed by atoms with E-state index in [9.17, 15) is 4.79 Å². The number of hydrogen-bond donors (Lipinski definition) is 1. The highest BCUT2D eigenvalue weighted by atomic mass is 35.5. The van der Waals surface area contributed by atoms with E-state index in [1.54, 1.807) is 4.68 Å². The van der Waals surface area contributed by atoms with E-state index in [1.165, 1.54) is 0 Å². The van der Waals surface area contributed by atoms with Gasteiger partial charge in [-0.25, -0.2) is 9.48 Å². The molecule has 1 N–H and O–H groups in total. The van der Waals surface area contributed by atoms with Gasteiger partial charge < -0.3 is 9.72 Å². The maximum absolute atomic E-state index is 12.3. The third-order valence-corrected chi connectivity index (χ3v) is 4.26. The highest BCUT2D eigenvalue weighted by Gasteiger charge is 2.18. The van der Waals surface area contributed by atoms with E-state index in [1.807, 2.05) is 66.9 Å². The fraction of sp³-hybridized carbons (Fsp3) is 0.0526. The summed E-state index contributed by atoms with van der Waals surface area (Å²) in [4.78, 5) is 15.3. The minimum absolute atomic E-state index is 0.0738. The Labute approximate surface area is 148 Å². The van der Waals surface area contributed by atoms with E-state index < -0.39 is 5.97 Å². The Balaban J connectivity index is 1.48. The van der Waals surface area contributed by atoms with Crippen molar-refractivity contribution in [1.82, 2.24) is 14.8 Å². The second kappa shape index (κ2) is 6.45. The smallest absolute Gasteiger partial charge is 0.356 e. The number of aromatic nitrogens is 3. The van der Waals surface area contributed by atoms with E-state index in [0.717, 1.165) is 16.6 Å². The number of halogens is 1. The number of rotatable bonds is 4. The van der Waals surface area contributed by atoms with Gasteiger partial charge >= 0.3 is 5.97 Å². The number of H-pyrrole nitrogens is 1. The van der Waals surface area contributed by atoms with Gasteiger partial charge in [0.25, 0.3) is 0 Å². The van der Waals surface area contributed by atoms with Gasteiger partial charge in [-0.2, -0.15) is 5.10 Å². The van der Waals surface area contributed by atoms with Crippen LogP contribution in [-0.2, 0) is 11.3 Å². The Kier molecular flexibility index (Phi) is 3.99. The lowest BCUT2D eigenvalue weighted by molar-refractivity contribution is 0.0461. The van der Waals surface area contributed by atoms with Crippen molar-refractivity contribution in [2.24, 2.45) is 0 Å². The normalized spacial score (nSPS) is 10.9. The van der Waals surface area contributed by atoms with Crippen molar-refractivity contribution in [2.75, 3.05) is 0 Å².